The number of rotatable bonds is 4. The van der Waals surface area contributed by atoms with Gasteiger partial charge < -0.3 is 5.32 Å². The van der Waals surface area contributed by atoms with Crippen molar-refractivity contribution in [2.75, 3.05) is 0 Å². The maximum atomic E-state index is 3.71. The Morgan fingerprint density at radius 2 is 1.70 bits per heavy atom. The van der Waals surface area contributed by atoms with Crippen LogP contribution >= 0.6 is 0 Å². The van der Waals surface area contributed by atoms with Crippen LogP contribution in [0.15, 0.2) is 12.7 Å². The predicted octanol–water partition coefficient (Wildman–Crippen LogP) is 2.20. The molecule has 0 aromatic heterocycles. The second-order valence-corrected chi connectivity index (χ2v) is 3.22. The minimum atomic E-state index is 0.428. The molecule has 2 unspecified atom stereocenters. The van der Waals surface area contributed by atoms with Gasteiger partial charge in [-0.25, -0.2) is 0 Å². The van der Waals surface area contributed by atoms with Gasteiger partial charge in [0.25, 0.3) is 0 Å². The first-order chi connectivity index (χ1) is 4.57. The van der Waals surface area contributed by atoms with E-state index in [0.29, 0.717) is 18.0 Å². The fourth-order valence-corrected chi connectivity index (χ4v) is 0.675. The van der Waals surface area contributed by atoms with Gasteiger partial charge in [0.1, 0.15) is 0 Å². The minimum Gasteiger partial charge on any atom is -0.308 e. The highest BCUT2D eigenvalue weighted by Gasteiger charge is 2.07. The molecule has 1 N–H and O–H groups in total. The quantitative estimate of drug-likeness (QED) is 0.592. The largest absolute Gasteiger partial charge is 0.308 e. The van der Waals surface area contributed by atoms with Gasteiger partial charge in [0.2, 0.25) is 0 Å². The zero-order valence-electron chi connectivity index (χ0n) is 7.52. The summed E-state index contributed by atoms with van der Waals surface area (Å²) in [5.74, 6) is 0.697. The van der Waals surface area contributed by atoms with Gasteiger partial charge in [0.05, 0.1) is 0 Å². The van der Waals surface area contributed by atoms with Gasteiger partial charge in [-0.15, -0.1) is 6.58 Å². The molecule has 1 nitrogen and oxygen atoms in total. The van der Waals surface area contributed by atoms with Crippen LogP contribution in [0.25, 0.3) is 0 Å². The Morgan fingerprint density at radius 3 is 2.00 bits per heavy atom. The Balaban J connectivity index is 3.56. The first-order valence-electron chi connectivity index (χ1n) is 3.96. The van der Waals surface area contributed by atoms with E-state index in [1.54, 1.807) is 0 Å². The van der Waals surface area contributed by atoms with E-state index in [1.807, 2.05) is 6.08 Å². The molecule has 1 heteroatoms. The molecule has 0 aromatic rings. The van der Waals surface area contributed by atoms with Gasteiger partial charge in [-0.1, -0.05) is 19.9 Å². The van der Waals surface area contributed by atoms with Crippen LogP contribution in [0.3, 0.4) is 0 Å². The molecular formula is C9H19N. The molecular weight excluding hydrogens is 122 g/mol. The zero-order chi connectivity index (χ0) is 8.15. The van der Waals surface area contributed by atoms with E-state index < -0.39 is 0 Å². The zero-order valence-corrected chi connectivity index (χ0v) is 7.52. The summed E-state index contributed by atoms with van der Waals surface area (Å²) < 4.78 is 0. The lowest BCUT2D eigenvalue weighted by Gasteiger charge is -2.20. The van der Waals surface area contributed by atoms with E-state index >= 15 is 0 Å². The van der Waals surface area contributed by atoms with Crippen LogP contribution in [0, 0.1) is 5.92 Å². The Morgan fingerprint density at radius 1 is 1.20 bits per heavy atom. The molecule has 2 atom stereocenters. The third kappa shape index (κ3) is 3.67. The normalized spacial score (nSPS) is 16.9. The molecule has 0 saturated heterocycles. The van der Waals surface area contributed by atoms with Gasteiger partial charge >= 0.3 is 0 Å². The predicted molar refractivity (Wildman–Crippen MR) is 47.1 cm³/mol. The van der Waals surface area contributed by atoms with E-state index in [0.717, 1.165) is 0 Å². The van der Waals surface area contributed by atoms with Crippen molar-refractivity contribution in [2.24, 2.45) is 5.92 Å². The highest BCUT2D eigenvalue weighted by molar-refractivity contribution is 4.83. The van der Waals surface area contributed by atoms with Crippen LogP contribution in [-0.4, -0.2) is 12.1 Å². The monoisotopic (exact) mass is 141 g/mol. The smallest absolute Gasteiger partial charge is 0.0221 e. The van der Waals surface area contributed by atoms with Gasteiger partial charge in [-0.2, -0.15) is 0 Å². The summed E-state index contributed by atoms with van der Waals surface area (Å²) in [6, 6.07) is 1.00. The lowest BCUT2D eigenvalue weighted by atomic mass is 10.1. The molecule has 60 valence electrons. The van der Waals surface area contributed by atoms with Crippen LogP contribution in [0.5, 0.6) is 0 Å². The molecule has 0 amide bonds. The Hall–Kier alpha value is -0.300. The Bertz CT molecular complexity index is 96.9. The second kappa shape index (κ2) is 4.51. The summed E-state index contributed by atoms with van der Waals surface area (Å²) in [6.45, 7) is 12.5. The van der Waals surface area contributed by atoms with Crippen molar-refractivity contribution in [1.82, 2.24) is 5.32 Å². The van der Waals surface area contributed by atoms with Crippen LogP contribution in [0.1, 0.15) is 27.7 Å². The van der Waals surface area contributed by atoms with Crippen molar-refractivity contribution < 1.29 is 0 Å². The fraction of sp³-hybridized carbons (Fsp3) is 0.778. The molecule has 0 spiro atoms. The van der Waals surface area contributed by atoms with Gasteiger partial charge in [-0.05, 0) is 19.8 Å². The Kier molecular flexibility index (Phi) is 4.37. The average molecular weight is 141 g/mol. The third-order valence-corrected chi connectivity index (χ3v) is 1.88. The molecule has 0 bridgehead atoms. The third-order valence-electron chi connectivity index (χ3n) is 1.88. The van der Waals surface area contributed by atoms with E-state index in [-0.39, 0.29) is 0 Å². The molecule has 0 saturated carbocycles. The van der Waals surface area contributed by atoms with Crippen LogP contribution in [0.2, 0.25) is 0 Å². The number of hydrogen-bond acceptors (Lipinski definition) is 1. The summed E-state index contributed by atoms with van der Waals surface area (Å²) in [7, 11) is 0. The summed E-state index contributed by atoms with van der Waals surface area (Å²) >= 11 is 0. The fourth-order valence-electron chi connectivity index (χ4n) is 0.675. The lowest BCUT2D eigenvalue weighted by molar-refractivity contribution is 0.410. The number of hydrogen-bond donors (Lipinski definition) is 1. The lowest BCUT2D eigenvalue weighted by Crippen LogP contribution is -2.36. The van der Waals surface area contributed by atoms with E-state index in [4.69, 9.17) is 0 Å². The van der Waals surface area contributed by atoms with Gasteiger partial charge in [0, 0.05) is 12.1 Å². The molecule has 0 heterocycles. The van der Waals surface area contributed by atoms with E-state index in [9.17, 15) is 0 Å². The summed E-state index contributed by atoms with van der Waals surface area (Å²) in [4.78, 5) is 0. The maximum absolute atomic E-state index is 3.71. The molecule has 0 aliphatic heterocycles. The van der Waals surface area contributed by atoms with Gasteiger partial charge in [-0.3, -0.25) is 0 Å². The van der Waals surface area contributed by atoms with Crippen molar-refractivity contribution in [3.8, 4) is 0 Å². The summed E-state index contributed by atoms with van der Waals surface area (Å²) in [6.07, 6.45) is 1.93. The minimum absolute atomic E-state index is 0.428. The van der Waals surface area contributed by atoms with Crippen molar-refractivity contribution in [1.29, 1.82) is 0 Å². The average Bonchev–Trinajstić information content (AvgIpc) is 1.87. The standard InChI is InChI=1S/C9H19N/c1-6-8(4)10-9(5)7(2)3/h6-10H,1H2,2-5H3. The second-order valence-electron chi connectivity index (χ2n) is 3.22. The molecule has 0 rings (SSSR count). The van der Waals surface area contributed by atoms with Crippen LogP contribution < -0.4 is 5.32 Å². The molecule has 0 aliphatic rings. The topological polar surface area (TPSA) is 12.0 Å². The maximum Gasteiger partial charge on any atom is 0.0221 e. The first-order valence-corrected chi connectivity index (χ1v) is 3.96. The molecule has 10 heavy (non-hydrogen) atoms. The molecule has 0 fully saturated rings. The van der Waals surface area contributed by atoms with E-state index in [1.165, 1.54) is 0 Å². The van der Waals surface area contributed by atoms with Crippen molar-refractivity contribution in [3.05, 3.63) is 12.7 Å². The molecule has 0 aliphatic carbocycles. The van der Waals surface area contributed by atoms with Crippen molar-refractivity contribution in [2.45, 2.75) is 39.8 Å². The molecule has 0 radical (unpaired) electrons. The summed E-state index contributed by atoms with van der Waals surface area (Å²) in [5.41, 5.74) is 0. The van der Waals surface area contributed by atoms with E-state index in [2.05, 4.69) is 39.6 Å². The summed E-state index contributed by atoms with van der Waals surface area (Å²) in [5, 5.41) is 3.41. The Labute approximate surface area is 64.5 Å². The van der Waals surface area contributed by atoms with Gasteiger partial charge in [0.15, 0.2) is 0 Å². The number of nitrogens with one attached hydrogen (secondary N) is 1. The van der Waals surface area contributed by atoms with Crippen LogP contribution in [0.4, 0.5) is 0 Å². The molecule has 0 aromatic carbocycles. The SMILES string of the molecule is C=CC(C)NC(C)C(C)C. The highest BCUT2D eigenvalue weighted by Crippen LogP contribution is 2.00. The first kappa shape index (κ1) is 9.70. The van der Waals surface area contributed by atoms with Crippen LogP contribution in [-0.2, 0) is 0 Å². The van der Waals surface area contributed by atoms with Crippen molar-refractivity contribution in [3.63, 3.8) is 0 Å². The van der Waals surface area contributed by atoms with Crippen molar-refractivity contribution >= 4 is 0 Å². The highest BCUT2D eigenvalue weighted by atomic mass is 14.9.